The van der Waals surface area contributed by atoms with Crippen LogP contribution < -0.4 is 10.1 Å². The van der Waals surface area contributed by atoms with Crippen molar-refractivity contribution < 1.29 is 9.53 Å². The maximum absolute atomic E-state index is 12.5. The van der Waals surface area contributed by atoms with Crippen LogP contribution in [-0.2, 0) is 5.75 Å². The summed E-state index contributed by atoms with van der Waals surface area (Å²) in [5.74, 6) is 1.14. The van der Waals surface area contributed by atoms with E-state index in [9.17, 15) is 4.79 Å². The third-order valence-corrected chi connectivity index (χ3v) is 5.56. The van der Waals surface area contributed by atoms with Crippen LogP contribution >= 0.6 is 34.7 Å². The van der Waals surface area contributed by atoms with Gasteiger partial charge < -0.3 is 4.74 Å². The number of thiazole rings is 1. The fourth-order valence-electron chi connectivity index (χ4n) is 2.04. The summed E-state index contributed by atoms with van der Waals surface area (Å²) in [6.07, 6.45) is 3.15. The molecule has 0 fully saturated rings. The molecule has 0 bridgehead atoms. The smallest absolute Gasteiger partial charge is 0.277 e. The molecule has 1 N–H and O–H groups in total. The molecule has 0 unspecified atom stereocenters. The molecule has 0 saturated carbocycles. The number of carbonyl (C=O) groups is 1. The molecule has 1 aromatic carbocycles. The number of hydrogen-bond acceptors (Lipinski definition) is 6. The molecule has 25 heavy (non-hydrogen) atoms. The van der Waals surface area contributed by atoms with E-state index in [1.807, 2.05) is 24.3 Å². The van der Waals surface area contributed by atoms with E-state index < -0.39 is 0 Å². The summed E-state index contributed by atoms with van der Waals surface area (Å²) in [6.45, 7) is 0. The molecule has 3 rings (SSSR count). The number of rotatable bonds is 6. The first-order chi connectivity index (χ1) is 12.2. The normalized spacial score (nSPS) is 10.5. The molecule has 0 aliphatic rings. The number of amides is 1. The summed E-state index contributed by atoms with van der Waals surface area (Å²) in [5, 5.41) is 5.55. The highest BCUT2D eigenvalue weighted by atomic mass is 35.5. The molecule has 0 saturated heterocycles. The Morgan fingerprint density at radius 3 is 2.72 bits per heavy atom. The van der Waals surface area contributed by atoms with Crippen LogP contribution in [0.3, 0.4) is 0 Å². The van der Waals surface area contributed by atoms with E-state index in [2.05, 4.69) is 15.3 Å². The minimum absolute atomic E-state index is 0.293. The van der Waals surface area contributed by atoms with E-state index >= 15 is 0 Å². The van der Waals surface area contributed by atoms with Gasteiger partial charge in [0.2, 0.25) is 0 Å². The molecule has 0 spiro atoms. The van der Waals surface area contributed by atoms with Gasteiger partial charge in [0.25, 0.3) is 5.91 Å². The third kappa shape index (κ3) is 4.50. The van der Waals surface area contributed by atoms with Gasteiger partial charge >= 0.3 is 0 Å². The highest BCUT2D eigenvalue weighted by Crippen LogP contribution is 2.32. The molecule has 0 atom stereocenters. The standard InChI is InChI=1S/C17H14ClN3O2S2/c1-23-12-4-2-11(3-5-12)10-25-15-13(18)6-7-19-14(15)16(22)21-17-20-8-9-24-17/h2-9H,10H2,1H3,(H,20,21,22). The molecule has 1 amide bonds. The van der Waals surface area contributed by atoms with E-state index in [0.717, 1.165) is 11.3 Å². The SMILES string of the molecule is COc1ccc(CSc2c(Cl)ccnc2C(=O)Nc2nccs2)cc1. The second-order valence-corrected chi connectivity index (χ2v) is 7.19. The number of benzene rings is 1. The molecular weight excluding hydrogens is 378 g/mol. The summed E-state index contributed by atoms with van der Waals surface area (Å²) in [5.41, 5.74) is 1.39. The largest absolute Gasteiger partial charge is 0.497 e. The van der Waals surface area contributed by atoms with Gasteiger partial charge in [-0.2, -0.15) is 0 Å². The first-order valence-electron chi connectivity index (χ1n) is 7.28. The zero-order chi connectivity index (χ0) is 17.6. The van der Waals surface area contributed by atoms with Crippen LogP contribution in [-0.4, -0.2) is 23.0 Å². The van der Waals surface area contributed by atoms with Crippen LogP contribution in [0.5, 0.6) is 5.75 Å². The number of ether oxygens (including phenoxy) is 1. The number of methoxy groups -OCH3 is 1. The topological polar surface area (TPSA) is 64.1 Å². The van der Waals surface area contributed by atoms with Gasteiger partial charge in [-0.05, 0) is 23.8 Å². The average Bonchev–Trinajstić information content (AvgIpc) is 3.14. The van der Waals surface area contributed by atoms with E-state index in [-0.39, 0.29) is 5.91 Å². The Kier molecular flexibility index (Phi) is 5.91. The second kappa shape index (κ2) is 8.33. The lowest BCUT2D eigenvalue weighted by Gasteiger charge is -2.10. The lowest BCUT2D eigenvalue weighted by atomic mass is 10.2. The summed E-state index contributed by atoms with van der Waals surface area (Å²) in [6, 6.07) is 9.43. The van der Waals surface area contributed by atoms with Gasteiger partial charge in [-0.1, -0.05) is 23.7 Å². The van der Waals surface area contributed by atoms with Crippen molar-refractivity contribution in [1.29, 1.82) is 0 Å². The maximum atomic E-state index is 12.5. The van der Waals surface area contributed by atoms with E-state index in [1.54, 1.807) is 24.8 Å². The molecular formula is C17H14ClN3O2S2. The van der Waals surface area contributed by atoms with Crippen molar-refractivity contribution >= 4 is 45.7 Å². The van der Waals surface area contributed by atoms with Crippen molar-refractivity contribution in [2.75, 3.05) is 12.4 Å². The first-order valence-corrected chi connectivity index (χ1v) is 9.53. The molecule has 5 nitrogen and oxygen atoms in total. The molecule has 3 aromatic rings. The quantitative estimate of drug-likeness (QED) is 0.614. The Balaban J connectivity index is 1.76. The fraction of sp³-hybridized carbons (Fsp3) is 0.118. The maximum Gasteiger partial charge on any atom is 0.277 e. The highest BCUT2D eigenvalue weighted by Gasteiger charge is 2.17. The van der Waals surface area contributed by atoms with Gasteiger partial charge in [-0.15, -0.1) is 23.1 Å². The summed E-state index contributed by atoms with van der Waals surface area (Å²) in [7, 11) is 1.63. The van der Waals surface area contributed by atoms with E-state index in [0.29, 0.717) is 26.5 Å². The molecule has 2 heterocycles. The molecule has 2 aromatic heterocycles. The van der Waals surface area contributed by atoms with Crippen LogP contribution in [0.25, 0.3) is 0 Å². The Morgan fingerprint density at radius 2 is 2.04 bits per heavy atom. The lowest BCUT2D eigenvalue weighted by molar-refractivity contribution is 0.101. The summed E-state index contributed by atoms with van der Waals surface area (Å²) >= 11 is 9.11. The Morgan fingerprint density at radius 1 is 1.24 bits per heavy atom. The van der Waals surface area contributed by atoms with Gasteiger partial charge in [-0.25, -0.2) is 9.97 Å². The number of nitrogens with one attached hydrogen (secondary N) is 1. The van der Waals surface area contributed by atoms with Crippen molar-refractivity contribution in [3.05, 3.63) is 64.4 Å². The fourth-order valence-corrected chi connectivity index (χ4v) is 3.87. The minimum Gasteiger partial charge on any atom is -0.497 e. The van der Waals surface area contributed by atoms with Crippen molar-refractivity contribution in [2.24, 2.45) is 0 Å². The molecule has 0 radical (unpaired) electrons. The summed E-state index contributed by atoms with van der Waals surface area (Å²) in [4.78, 5) is 21.4. The van der Waals surface area contributed by atoms with Crippen LogP contribution in [0.4, 0.5) is 5.13 Å². The number of halogens is 1. The zero-order valence-electron chi connectivity index (χ0n) is 13.2. The number of hydrogen-bond donors (Lipinski definition) is 1. The predicted molar refractivity (Wildman–Crippen MR) is 102 cm³/mol. The first kappa shape index (κ1) is 17.7. The Hall–Kier alpha value is -2.09. The number of aromatic nitrogens is 2. The van der Waals surface area contributed by atoms with Crippen molar-refractivity contribution in [3.8, 4) is 5.75 Å². The number of nitrogens with zero attached hydrogens (tertiary/aromatic N) is 2. The van der Waals surface area contributed by atoms with E-state index in [1.165, 1.54) is 29.3 Å². The second-order valence-electron chi connectivity index (χ2n) is 4.90. The molecule has 0 aliphatic carbocycles. The van der Waals surface area contributed by atoms with Crippen molar-refractivity contribution in [3.63, 3.8) is 0 Å². The number of thioether (sulfide) groups is 1. The predicted octanol–water partition coefficient (Wildman–Crippen LogP) is 4.74. The molecule has 0 aliphatic heterocycles. The lowest BCUT2D eigenvalue weighted by Crippen LogP contribution is -2.14. The van der Waals surface area contributed by atoms with Crippen molar-refractivity contribution in [1.82, 2.24) is 9.97 Å². The van der Waals surface area contributed by atoms with Crippen LogP contribution in [0.1, 0.15) is 16.1 Å². The minimum atomic E-state index is -0.324. The van der Waals surface area contributed by atoms with Crippen molar-refractivity contribution in [2.45, 2.75) is 10.6 Å². The van der Waals surface area contributed by atoms with Crippen LogP contribution in [0.15, 0.2) is 53.0 Å². The third-order valence-electron chi connectivity index (χ3n) is 3.27. The zero-order valence-corrected chi connectivity index (χ0v) is 15.6. The highest BCUT2D eigenvalue weighted by molar-refractivity contribution is 7.98. The van der Waals surface area contributed by atoms with Gasteiger partial charge in [0.1, 0.15) is 11.4 Å². The number of anilines is 1. The number of pyridine rings is 1. The monoisotopic (exact) mass is 391 g/mol. The number of carbonyl (C=O) groups excluding carboxylic acids is 1. The van der Waals surface area contributed by atoms with Gasteiger partial charge in [0, 0.05) is 23.5 Å². The molecule has 8 heteroatoms. The Labute approximate surface area is 158 Å². The van der Waals surface area contributed by atoms with Crippen LogP contribution in [0.2, 0.25) is 5.02 Å². The van der Waals surface area contributed by atoms with E-state index in [4.69, 9.17) is 16.3 Å². The van der Waals surface area contributed by atoms with Crippen LogP contribution in [0, 0.1) is 0 Å². The van der Waals surface area contributed by atoms with Gasteiger partial charge in [0.05, 0.1) is 17.0 Å². The van der Waals surface area contributed by atoms with Gasteiger partial charge in [-0.3, -0.25) is 10.1 Å². The molecule has 128 valence electrons. The van der Waals surface area contributed by atoms with Gasteiger partial charge in [0.15, 0.2) is 5.13 Å². The Bertz CT molecular complexity index is 855. The average molecular weight is 392 g/mol. The summed E-state index contributed by atoms with van der Waals surface area (Å²) < 4.78 is 5.16.